The number of aryl methyl sites for hydroxylation is 1. The van der Waals surface area contributed by atoms with Gasteiger partial charge < -0.3 is 9.26 Å². The summed E-state index contributed by atoms with van der Waals surface area (Å²) >= 11 is 0. The van der Waals surface area contributed by atoms with Crippen molar-refractivity contribution in [2.24, 2.45) is 0 Å². The zero-order valence-corrected chi connectivity index (χ0v) is 12.4. The molecule has 2 aromatic rings. The van der Waals surface area contributed by atoms with Crippen molar-refractivity contribution in [3.63, 3.8) is 0 Å². The van der Waals surface area contributed by atoms with Crippen LogP contribution in [0.15, 0.2) is 16.8 Å². The molecule has 0 atom stereocenters. The molecule has 0 N–H and O–H groups in total. The minimum Gasteiger partial charge on any atom is -0.495 e. The van der Waals surface area contributed by atoms with Crippen LogP contribution in [0.3, 0.4) is 0 Å². The van der Waals surface area contributed by atoms with Crippen LogP contribution in [0, 0.1) is 6.92 Å². The minimum atomic E-state index is 0.309. The van der Waals surface area contributed by atoms with E-state index in [1.807, 2.05) is 19.9 Å². The first-order chi connectivity index (χ1) is 9.11. The molecule has 0 spiro atoms. The number of rotatable bonds is 3. The van der Waals surface area contributed by atoms with E-state index in [-0.39, 0.29) is 0 Å². The van der Waals surface area contributed by atoms with Crippen LogP contribution in [0.4, 0.5) is 0 Å². The van der Waals surface area contributed by atoms with Gasteiger partial charge in [-0.3, -0.25) is 4.98 Å². The van der Waals surface area contributed by atoms with Gasteiger partial charge in [-0.15, -0.1) is 0 Å². The SMILES string of the molecule is CC.COc1cc(-c2nc(C)no2)cnc1C(C)C. The quantitative estimate of drug-likeness (QED) is 0.846. The van der Waals surface area contributed by atoms with Gasteiger partial charge in [0, 0.05) is 6.20 Å². The van der Waals surface area contributed by atoms with Gasteiger partial charge in [-0.2, -0.15) is 4.98 Å². The van der Waals surface area contributed by atoms with Crippen LogP contribution in [0.1, 0.15) is 45.1 Å². The maximum atomic E-state index is 5.32. The number of ether oxygens (including phenoxy) is 1. The molecule has 0 aromatic carbocycles. The fraction of sp³-hybridized carbons (Fsp3) is 0.500. The van der Waals surface area contributed by atoms with Crippen molar-refractivity contribution in [2.75, 3.05) is 7.11 Å². The summed E-state index contributed by atoms with van der Waals surface area (Å²) in [5, 5.41) is 3.75. The normalized spacial score (nSPS) is 10.1. The molecule has 104 valence electrons. The Labute approximate surface area is 114 Å². The number of aromatic nitrogens is 3. The molecule has 0 saturated carbocycles. The standard InChI is InChI=1S/C12H15N3O2.C2H6/c1-7(2)11-10(16-4)5-9(6-13-11)12-14-8(3)15-17-12;1-2/h5-7H,1-4H3;1-2H3. The minimum absolute atomic E-state index is 0.309. The predicted molar refractivity (Wildman–Crippen MR) is 74.3 cm³/mol. The van der Waals surface area contributed by atoms with Crippen LogP contribution in [0.2, 0.25) is 0 Å². The Morgan fingerprint density at radius 3 is 2.42 bits per heavy atom. The lowest BCUT2D eigenvalue weighted by molar-refractivity contribution is 0.402. The third-order valence-electron chi connectivity index (χ3n) is 2.42. The number of hydrogen-bond acceptors (Lipinski definition) is 5. The van der Waals surface area contributed by atoms with E-state index in [2.05, 4.69) is 29.0 Å². The van der Waals surface area contributed by atoms with Crippen LogP contribution in [0.5, 0.6) is 5.75 Å². The fourth-order valence-corrected chi connectivity index (χ4v) is 1.58. The molecular weight excluding hydrogens is 242 g/mol. The second-order valence-corrected chi connectivity index (χ2v) is 4.11. The molecule has 2 rings (SSSR count). The van der Waals surface area contributed by atoms with Gasteiger partial charge in [0.1, 0.15) is 5.75 Å². The zero-order chi connectivity index (χ0) is 14.4. The highest BCUT2D eigenvalue weighted by atomic mass is 16.5. The van der Waals surface area contributed by atoms with E-state index in [0.29, 0.717) is 17.6 Å². The van der Waals surface area contributed by atoms with Crippen molar-refractivity contribution >= 4 is 0 Å². The van der Waals surface area contributed by atoms with Crippen molar-refractivity contribution in [3.05, 3.63) is 23.8 Å². The molecule has 0 aliphatic rings. The van der Waals surface area contributed by atoms with Crippen LogP contribution >= 0.6 is 0 Å². The van der Waals surface area contributed by atoms with Crippen molar-refractivity contribution in [3.8, 4) is 17.2 Å². The summed E-state index contributed by atoms with van der Waals surface area (Å²) in [5.74, 6) is 2.12. The van der Waals surface area contributed by atoms with Gasteiger partial charge in [-0.05, 0) is 18.9 Å². The van der Waals surface area contributed by atoms with Crippen LogP contribution in [0.25, 0.3) is 11.5 Å². The molecule has 19 heavy (non-hydrogen) atoms. The molecule has 0 saturated heterocycles. The van der Waals surface area contributed by atoms with E-state index in [0.717, 1.165) is 17.0 Å². The van der Waals surface area contributed by atoms with Gasteiger partial charge in [-0.1, -0.05) is 32.9 Å². The summed E-state index contributed by atoms with van der Waals surface area (Å²) in [6.45, 7) is 9.92. The summed E-state index contributed by atoms with van der Waals surface area (Å²) in [6.07, 6.45) is 1.73. The monoisotopic (exact) mass is 263 g/mol. The van der Waals surface area contributed by atoms with Gasteiger partial charge >= 0.3 is 0 Å². The molecule has 0 radical (unpaired) electrons. The maximum Gasteiger partial charge on any atom is 0.259 e. The maximum absolute atomic E-state index is 5.32. The van der Waals surface area contributed by atoms with Crippen LogP contribution in [-0.4, -0.2) is 22.2 Å². The Morgan fingerprint density at radius 2 is 1.95 bits per heavy atom. The Kier molecular flexibility index (Phi) is 5.48. The summed E-state index contributed by atoms with van der Waals surface area (Å²) < 4.78 is 10.4. The van der Waals surface area contributed by atoms with E-state index in [1.54, 1.807) is 20.2 Å². The molecule has 0 amide bonds. The lowest BCUT2D eigenvalue weighted by Crippen LogP contribution is -1.98. The van der Waals surface area contributed by atoms with Crippen molar-refractivity contribution in [1.82, 2.24) is 15.1 Å². The molecule has 0 unspecified atom stereocenters. The first kappa shape index (κ1) is 15.1. The van der Waals surface area contributed by atoms with Gasteiger partial charge in [0.05, 0.1) is 18.4 Å². The molecule has 5 heteroatoms. The third-order valence-corrected chi connectivity index (χ3v) is 2.42. The zero-order valence-electron chi connectivity index (χ0n) is 12.4. The summed E-state index contributed by atoms with van der Waals surface area (Å²) in [4.78, 5) is 8.54. The van der Waals surface area contributed by atoms with Gasteiger partial charge in [0.25, 0.3) is 5.89 Å². The summed E-state index contributed by atoms with van der Waals surface area (Å²) in [5.41, 5.74) is 1.69. The molecule has 0 bridgehead atoms. The highest BCUT2D eigenvalue weighted by Crippen LogP contribution is 2.28. The highest BCUT2D eigenvalue weighted by molar-refractivity contribution is 5.55. The topological polar surface area (TPSA) is 61.0 Å². The molecule has 0 aliphatic heterocycles. The average Bonchev–Trinajstić information content (AvgIpc) is 2.87. The molecular formula is C14H21N3O2. The Balaban J connectivity index is 0.000000861. The lowest BCUT2D eigenvalue weighted by Gasteiger charge is -2.10. The van der Waals surface area contributed by atoms with E-state index >= 15 is 0 Å². The largest absolute Gasteiger partial charge is 0.495 e. The Hall–Kier alpha value is -1.91. The molecule has 2 aromatic heterocycles. The van der Waals surface area contributed by atoms with Gasteiger partial charge in [0.2, 0.25) is 0 Å². The Morgan fingerprint density at radius 1 is 1.26 bits per heavy atom. The first-order valence-electron chi connectivity index (χ1n) is 6.46. The van der Waals surface area contributed by atoms with Crippen LogP contribution in [-0.2, 0) is 0 Å². The van der Waals surface area contributed by atoms with Gasteiger partial charge in [-0.25, -0.2) is 0 Å². The average molecular weight is 263 g/mol. The van der Waals surface area contributed by atoms with E-state index in [9.17, 15) is 0 Å². The van der Waals surface area contributed by atoms with Crippen LogP contribution < -0.4 is 4.74 Å². The predicted octanol–water partition coefficient (Wildman–Crippen LogP) is 3.60. The Bertz CT molecular complexity index is 521. The summed E-state index contributed by atoms with van der Waals surface area (Å²) in [7, 11) is 1.63. The molecule has 0 fully saturated rings. The molecule has 5 nitrogen and oxygen atoms in total. The second-order valence-electron chi connectivity index (χ2n) is 4.11. The van der Waals surface area contributed by atoms with Crippen molar-refractivity contribution in [1.29, 1.82) is 0 Å². The summed E-state index contributed by atoms with van der Waals surface area (Å²) in [6, 6.07) is 1.87. The first-order valence-corrected chi connectivity index (χ1v) is 6.46. The number of nitrogens with zero attached hydrogens (tertiary/aromatic N) is 3. The highest BCUT2D eigenvalue weighted by Gasteiger charge is 2.13. The second kappa shape index (κ2) is 6.87. The third kappa shape index (κ3) is 3.53. The smallest absolute Gasteiger partial charge is 0.259 e. The van der Waals surface area contributed by atoms with Gasteiger partial charge in [0.15, 0.2) is 5.82 Å². The fourth-order valence-electron chi connectivity index (χ4n) is 1.58. The molecule has 2 heterocycles. The molecule has 0 aliphatic carbocycles. The van der Waals surface area contributed by atoms with E-state index in [1.165, 1.54) is 0 Å². The van der Waals surface area contributed by atoms with Crippen molar-refractivity contribution in [2.45, 2.75) is 40.5 Å². The van der Waals surface area contributed by atoms with E-state index < -0.39 is 0 Å². The van der Waals surface area contributed by atoms with Crippen molar-refractivity contribution < 1.29 is 9.26 Å². The van der Waals surface area contributed by atoms with E-state index in [4.69, 9.17) is 9.26 Å². The number of methoxy groups -OCH3 is 1. The number of hydrogen-bond donors (Lipinski definition) is 0. The number of pyridine rings is 1. The lowest BCUT2D eigenvalue weighted by atomic mass is 10.1.